The summed E-state index contributed by atoms with van der Waals surface area (Å²) in [5, 5.41) is 2.62. The zero-order valence-electron chi connectivity index (χ0n) is 16.3. The van der Waals surface area contributed by atoms with Gasteiger partial charge in [0.15, 0.2) is 0 Å². The molecule has 3 aromatic rings. The van der Waals surface area contributed by atoms with Crippen molar-refractivity contribution in [3.05, 3.63) is 105 Å². The average Bonchev–Trinajstić information content (AvgIpc) is 3.03. The van der Waals surface area contributed by atoms with Crippen LogP contribution in [0.1, 0.15) is 16.7 Å². The molecule has 0 bridgehead atoms. The Hall–Kier alpha value is -3.45. The molecule has 1 N–H and O–H groups in total. The van der Waals surface area contributed by atoms with Gasteiger partial charge in [0.05, 0.1) is 6.54 Å². The molecule has 0 unspecified atom stereocenters. The molecule has 0 radical (unpaired) electrons. The molecule has 1 fully saturated rings. The number of imide groups is 1. The maximum Gasteiger partial charge on any atom is 0.329 e. The molecule has 1 aliphatic heterocycles. The summed E-state index contributed by atoms with van der Waals surface area (Å²) < 4.78 is 20.6. The zero-order chi connectivity index (χ0) is 21.8. The first kappa shape index (κ1) is 20.8. The fourth-order valence-electron chi connectivity index (χ4n) is 3.15. The molecule has 31 heavy (non-hydrogen) atoms. The van der Waals surface area contributed by atoms with E-state index >= 15 is 0 Å². The lowest BCUT2D eigenvalue weighted by atomic mass is 10.1. The first-order valence-electron chi connectivity index (χ1n) is 9.55. The summed E-state index contributed by atoms with van der Waals surface area (Å²) in [6.45, 7) is 0.212. The molecule has 1 heterocycles. The number of nitrogens with zero attached hydrogens (tertiary/aromatic N) is 1. The van der Waals surface area contributed by atoms with E-state index in [2.05, 4.69) is 21.2 Å². The largest absolute Gasteiger partial charge is 0.488 e. The highest BCUT2D eigenvalue weighted by Crippen LogP contribution is 2.25. The minimum Gasteiger partial charge on any atom is -0.488 e. The van der Waals surface area contributed by atoms with E-state index in [0.29, 0.717) is 16.9 Å². The summed E-state index contributed by atoms with van der Waals surface area (Å²) in [5.74, 6) is -0.288. The molecule has 1 saturated heterocycles. The van der Waals surface area contributed by atoms with Crippen molar-refractivity contribution in [2.24, 2.45) is 0 Å². The highest BCUT2D eigenvalue weighted by atomic mass is 79.9. The van der Waals surface area contributed by atoms with Gasteiger partial charge in [0.25, 0.3) is 5.91 Å². The number of amides is 3. The number of benzene rings is 3. The Morgan fingerprint density at radius 1 is 0.968 bits per heavy atom. The first-order valence-corrected chi connectivity index (χ1v) is 10.3. The van der Waals surface area contributed by atoms with E-state index in [1.54, 1.807) is 48.5 Å². The van der Waals surface area contributed by atoms with Crippen LogP contribution >= 0.6 is 15.9 Å². The number of urea groups is 1. The van der Waals surface area contributed by atoms with Crippen molar-refractivity contribution in [2.45, 2.75) is 13.2 Å². The van der Waals surface area contributed by atoms with Gasteiger partial charge in [0, 0.05) is 15.6 Å². The molecule has 156 valence electrons. The quantitative estimate of drug-likeness (QED) is 0.386. The fraction of sp³-hybridized carbons (Fsp3) is 0.0833. The van der Waals surface area contributed by atoms with Crippen LogP contribution in [0.5, 0.6) is 5.75 Å². The molecular weight excluding hydrogens is 463 g/mol. The number of para-hydroxylation sites is 1. The molecule has 0 aliphatic carbocycles. The monoisotopic (exact) mass is 480 g/mol. The van der Waals surface area contributed by atoms with Crippen molar-refractivity contribution in [1.82, 2.24) is 10.2 Å². The Balaban J connectivity index is 1.52. The second-order valence-corrected chi connectivity index (χ2v) is 7.84. The van der Waals surface area contributed by atoms with Gasteiger partial charge < -0.3 is 10.1 Å². The van der Waals surface area contributed by atoms with E-state index in [1.807, 2.05) is 24.3 Å². The van der Waals surface area contributed by atoms with Crippen LogP contribution in [0.25, 0.3) is 6.08 Å². The van der Waals surface area contributed by atoms with Gasteiger partial charge in [-0.05, 0) is 35.9 Å². The first-order chi connectivity index (χ1) is 15.0. The lowest BCUT2D eigenvalue weighted by molar-refractivity contribution is -0.123. The van der Waals surface area contributed by atoms with E-state index in [-0.39, 0.29) is 24.7 Å². The average molecular weight is 481 g/mol. The number of rotatable bonds is 6. The van der Waals surface area contributed by atoms with Crippen LogP contribution in [0.4, 0.5) is 9.18 Å². The molecule has 3 aromatic carbocycles. The second kappa shape index (κ2) is 9.14. The zero-order valence-corrected chi connectivity index (χ0v) is 17.9. The molecule has 0 spiro atoms. The van der Waals surface area contributed by atoms with Crippen molar-refractivity contribution < 1.29 is 18.7 Å². The Morgan fingerprint density at radius 3 is 2.45 bits per heavy atom. The maximum atomic E-state index is 13.9. The van der Waals surface area contributed by atoms with Gasteiger partial charge in [-0.15, -0.1) is 0 Å². The minimum absolute atomic E-state index is 0.0445. The van der Waals surface area contributed by atoms with E-state index in [9.17, 15) is 14.0 Å². The smallest absolute Gasteiger partial charge is 0.329 e. The van der Waals surface area contributed by atoms with Crippen LogP contribution in [0, 0.1) is 5.82 Å². The van der Waals surface area contributed by atoms with E-state index in [1.165, 1.54) is 6.07 Å². The van der Waals surface area contributed by atoms with Crippen LogP contribution in [-0.2, 0) is 17.9 Å². The van der Waals surface area contributed by atoms with Crippen LogP contribution in [0.15, 0.2) is 83.0 Å². The van der Waals surface area contributed by atoms with Crippen molar-refractivity contribution in [1.29, 1.82) is 0 Å². The van der Waals surface area contributed by atoms with E-state index in [4.69, 9.17) is 4.74 Å². The predicted molar refractivity (Wildman–Crippen MR) is 118 cm³/mol. The molecule has 5 nitrogen and oxygen atoms in total. The third kappa shape index (κ3) is 4.83. The number of hydrogen-bond donors (Lipinski definition) is 1. The van der Waals surface area contributed by atoms with Crippen molar-refractivity contribution >= 4 is 33.9 Å². The summed E-state index contributed by atoms with van der Waals surface area (Å²) in [4.78, 5) is 26.3. The number of halogens is 2. The van der Waals surface area contributed by atoms with Crippen molar-refractivity contribution in [2.75, 3.05) is 0 Å². The molecule has 0 atom stereocenters. The topological polar surface area (TPSA) is 58.6 Å². The van der Waals surface area contributed by atoms with E-state index < -0.39 is 11.9 Å². The van der Waals surface area contributed by atoms with Gasteiger partial charge in [-0.25, -0.2) is 9.18 Å². The summed E-state index contributed by atoms with van der Waals surface area (Å²) in [5.41, 5.74) is 2.02. The van der Waals surface area contributed by atoms with Gasteiger partial charge in [-0.2, -0.15) is 0 Å². The van der Waals surface area contributed by atoms with Crippen molar-refractivity contribution in [3.63, 3.8) is 0 Å². The number of carbonyl (C=O) groups excluding carboxylic acids is 2. The second-order valence-electron chi connectivity index (χ2n) is 6.92. The van der Waals surface area contributed by atoms with Gasteiger partial charge in [0.1, 0.15) is 23.9 Å². The molecule has 7 heteroatoms. The fourth-order valence-corrected chi connectivity index (χ4v) is 3.41. The Kier molecular flexibility index (Phi) is 6.13. The normalized spacial score (nSPS) is 14.8. The Morgan fingerprint density at radius 2 is 1.68 bits per heavy atom. The molecule has 0 aromatic heterocycles. The van der Waals surface area contributed by atoms with Gasteiger partial charge in [-0.1, -0.05) is 64.5 Å². The highest BCUT2D eigenvalue weighted by molar-refractivity contribution is 9.10. The molecule has 0 saturated carbocycles. The summed E-state index contributed by atoms with van der Waals surface area (Å²) in [7, 11) is 0. The number of hydrogen-bond acceptors (Lipinski definition) is 3. The number of ether oxygens (including phenoxy) is 1. The SMILES string of the molecule is O=C1N/C(=C/c2ccccc2OCc2ccccc2F)C(=O)N1Cc1ccc(Br)cc1. The molecule has 1 aliphatic rings. The van der Waals surface area contributed by atoms with E-state index in [0.717, 1.165) is 14.9 Å². The van der Waals surface area contributed by atoms with Crippen LogP contribution in [0.2, 0.25) is 0 Å². The summed E-state index contributed by atoms with van der Waals surface area (Å²) in [6.07, 6.45) is 1.57. The van der Waals surface area contributed by atoms with Gasteiger partial charge in [0.2, 0.25) is 0 Å². The Labute approximate surface area is 187 Å². The predicted octanol–water partition coefficient (Wildman–Crippen LogP) is 5.26. The molecular formula is C24H18BrFN2O3. The van der Waals surface area contributed by atoms with Gasteiger partial charge in [-0.3, -0.25) is 9.69 Å². The third-order valence-electron chi connectivity index (χ3n) is 4.78. The molecule has 3 amide bonds. The minimum atomic E-state index is -0.482. The lowest BCUT2D eigenvalue weighted by Crippen LogP contribution is -2.30. The van der Waals surface area contributed by atoms with Crippen LogP contribution in [0.3, 0.4) is 0 Å². The standard InChI is InChI=1S/C24H18BrFN2O3/c25-19-11-9-16(10-12-19)14-28-23(29)21(27-24(28)30)13-17-5-2-4-8-22(17)31-15-18-6-1-3-7-20(18)26/h1-13H,14-15H2,(H,27,30)/b21-13+. The third-order valence-corrected chi connectivity index (χ3v) is 5.30. The summed E-state index contributed by atoms with van der Waals surface area (Å²) in [6, 6.07) is 20.4. The van der Waals surface area contributed by atoms with Crippen LogP contribution < -0.4 is 10.1 Å². The van der Waals surface area contributed by atoms with Crippen molar-refractivity contribution in [3.8, 4) is 5.75 Å². The number of carbonyl (C=O) groups is 2. The van der Waals surface area contributed by atoms with Crippen LogP contribution in [-0.4, -0.2) is 16.8 Å². The van der Waals surface area contributed by atoms with Gasteiger partial charge >= 0.3 is 6.03 Å². The number of nitrogens with one attached hydrogen (secondary N) is 1. The summed E-state index contributed by atoms with van der Waals surface area (Å²) >= 11 is 3.37. The Bertz CT molecular complexity index is 1160. The maximum absolute atomic E-state index is 13.9. The lowest BCUT2D eigenvalue weighted by Gasteiger charge is -2.12. The molecule has 4 rings (SSSR count). The highest BCUT2D eigenvalue weighted by Gasteiger charge is 2.33.